The predicted octanol–water partition coefficient (Wildman–Crippen LogP) is 5.86. The van der Waals surface area contributed by atoms with Crippen LogP contribution in [0.3, 0.4) is 0 Å². The quantitative estimate of drug-likeness (QED) is 0.357. The van der Waals surface area contributed by atoms with Gasteiger partial charge in [0.25, 0.3) is 0 Å². The maximum atomic E-state index is 12.2. The average Bonchev–Trinajstić information content (AvgIpc) is 2.54. The van der Waals surface area contributed by atoms with Crippen molar-refractivity contribution in [2.45, 2.75) is 77.6 Å². The number of carbonyl (C=O) groups excluding carboxylic acids is 1. The Morgan fingerprint density at radius 1 is 0.909 bits per heavy atom. The van der Waals surface area contributed by atoms with E-state index in [1.807, 2.05) is 37.3 Å². The molecule has 0 aliphatic carbocycles. The third kappa shape index (κ3) is 7.63. The second kappa shape index (κ2) is 12.3. The Morgan fingerprint density at radius 2 is 1.50 bits per heavy atom. The van der Waals surface area contributed by atoms with E-state index in [2.05, 4.69) is 6.92 Å². The summed E-state index contributed by atoms with van der Waals surface area (Å²) in [4.78, 5) is 12.2. The van der Waals surface area contributed by atoms with Crippen molar-refractivity contribution in [2.75, 3.05) is 6.61 Å². The van der Waals surface area contributed by atoms with Crippen molar-refractivity contribution in [1.29, 1.82) is 0 Å². The van der Waals surface area contributed by atoms with E-state index in [4.69, 9.17) is 4.74 Å². The molecule has 0 heterocycles. The number of benzene rings is 1. The Labute approximate surface area is 136 Å². The summed E-state index contributed by atoms with van der Waals surface area (Å²) in [5.41, 5.74) is 1.09. The fourth-order valence-electron chi connectivity index (χ4n) is 2.83. The van der Waals surface area contributed by atoms with Crippen molar-refractivity contribution in [3.63, 3.8) is 0 Å². The summed E-state index contributed by atoms with van der Waals surface area (Å²) in [6.45, 7) is 4.58. The Kier molecular flexibility index (Phi) is 10.4. The Morgan fingerprint density at radius 3 is 2.09 bits per heavy atom. The van der Waals surface area contributed by atoms with Crippen LogP contribution in [0, 0.1) is 0 Å². The number of unbranched alkanes of at least 4 members (excludes halogenated alkanes) is 7. The second-order valence-electron chi connectivity index (χ2n) is 5.98. The fourth-order valence-corrected chi connectivity index (χ4v) is 2.83. The number of rotatable bonds is 12. The van der Waals surface area contributed by atoms with Crippen LogP contribution < -0.4 is 0 Å². The first kappa shape index (κ1) is 18.7. The molecule has 0 N–H and O–H groups in total. The molecule has 2 heteroatoms. The lowest BCUT2D eigenvalue weighted by Gasteiger charge is -2.15. The van der Waals surface area contributed by atoms with E-state index in [1.54, 1.807) is 0 Å². The highest BCUT2D eigenvalue weighted by molar-refractivity contribution is 5.78. The lowest BCUT2D eigenvalue weighted by Crippen LogP contribution is -2.16. The van der Waals surface area contributed by atoms with Gasteiger partial charge in [0.1, 0.15) is 0 Å². The summed E-state index contributed by atoms with van der Waals surface area (Å²) in [5.74, 6) is -0.169. The van der Waals surface area contributed by atoms with Gasteiger partial charge in [0.15, 0.2) is 0 Å². The molecule has 1 aromatic rings. The highest BCUT2D eigenvalue weighted by Gasteiger charge is 2.20. The average molecular weight is 304 g/mol. The van der Waals surface area contributed by atoms with Gasteiger partial charge in [-0.05, 0) is 18.9 Å². The van der Waals surface area contributed by atoms with E-state index < -0.39 is 0 Å². The molecule has 0 aromatic heterocycles. The lowest BCUT2D eigenvalue weighted by atomic mass is 9.93. The molecule has 1 unspecified atom stereocenters. The van der Waals surface area contributed by atoms with Crippen molar-refractivity contribution in [1.82, 2.24) is 0 Å². The lowest BCUT2D eigenvalue weighted by molar-refractivity contribution is -0.145. The molecule has 0 bridgehead atoms. The molecule has 2 nitrogen and oxygen atoms in total. The maximum absolute atomic E-state index is 12.2. The van der Waals surface area contributed by atoms with Crippen LogP contribution in [0.1, 0.15) is 83.1 Å². The molecule has 0 saturated heterocycles. The summed E-state index contributed by atoms with van der Waals surface area (Å²) < 4.78 is 5.24. The number of hydrogen-bond donors (Lipinski definition) is 0. The minimum Gasteiger partial charge on any atom is -0.466 e. The Balaban J connectivity index is 2.32. The third-order valence-electron chi connectivity index (χ3n) is 4.12. The van der Waals surface area contributed by atoms with Gasteiger partial charge in [-0.2, -0.15) is 0 Å². The van der Waals surface area contributed by atoms with Crippen molar-refractivity contribution in [3.05, 3.63) is 35.9 Å². The SMILES string of the molecule is CCCCCCCCCCC(C(=O)OCC)c1ccccc1. The molecule has 0 aliphatic heterocycles. The van der Waals surface area contributed by atoms with Gasteiger partial charge in [-0.15, -0.1) is 0 Å². The molecule has 0 saturated carbocycles. The molecule has 1 rings (SSSR count). The van der Waals surface area contributed by atoms with Crippen molar-refractivity contribution < 1.29 is 9.53 Å². The number of ether oxygens (including phenoxy) is 1. The van der Waals surface area contributed by atoms with Crippen LogP contribution in [0.15, 0.2) is 30.3 Å². The van der Waals surface area contributed by atoms with Crippen LogP contribution >= 0.6 is 0 Å². The van der Waals surface area contributed by atoms with Crippen molar-refractivity contribution >= 4 is 5.97 Å². The minimum atomic E-state index is -0.0961. The first-order valence-corrected chi connectivity index (χ1v) is 9.01. The van der Waals surface area contributed by atoms with Crippen LogP contribution in [0.2, 0.25) is 0 Å². The molecule has 1 aromatic carbocycles. The minimum absolute atomic E-state index is 0.0726. The van der Waals surface area contributed by atoms with Gasteiger partial charge in [0, 0.05) is 0 Å². The molecule has 0 amide bonds. The zero-order valence-corrected chi connectivity index (χ0v) is 14.4. The van der Waals surface area contributed by atoms with Crippen molar-refractivity contribution in [2.24, 2.45) is 0 Å². The van der Waals surface area contributed by atoms with Crippen LogP contribution in [0.25, 0.3) is 0 Å². The van der Waals surface area contributed by atoms with E-state index in [0.717, 1.165) is 18.4 Å². The van der Waals surface area contributed by atoms with Gasteiger partial charge < -0.3 is 4.74 Å². The molecule has 0 radical (unpaired) electrons. The first-order chi connectivity index (χ1) is 10.8. The van der Waals surface area contributed by atoms with Crippen LogP contribution in [0.4, 0.5) is 0 Å². The molecule has 1 atom stereocenters. The van der Waals surface area contributed by atoms with Crippen LogP contribution in [-0.2, 0) is 9.53 Å². The van der Waals surface area contributed by atoms with Gasteiger partial charge >= 0.3 is 5.97 Å². The summed E-state index contributed by atoms with van der Waals surface area (Å²) >= 11 is 0. The molecular weight excluding hydrogens is 272 g/mol. The Hall–Kier alpha value is -1.31. The summed E-state index contributed by atoms with van der Waals surface area (Å²) in [6.07, 6.45) is 11.2. The van der Waals surface area contributed by atoms with Gasteiger partial charge in [-0.25, -0.2) is 0 Å². The number of carbonyl (C=O) groups is 1. The van der Waals surface area contributed by atoms with E-state index in [9.17, 15) is 4.79 Å². The van der Waals surface area contributed by atoms with E-state index in [1.165, 1.54) is 44.9 Å². The first-order valence-electron chi connectivity index (χ1n) is 9.01. The monoisotopic (exact) mass is 304 g/mol. The Bertz CT molecular complexity index is 386. The highest BCUT2D eigenvalue weighted by atomic mass is 16.5. The standard InChI is InChI=1S/C20H32O2/c1-3-5-6-7-8-9-10-14-17-19(20(21)22-4-2)18-15-12-11-13-16-18/h11-13,15-16,19H,3-10,14,17H2,1-2H3. The zero-order chi connectivity index (χ0) is 16.0. The zero-order valence-electron chi connectivity index (χ0n) is 14.4. The van der Waals surface area contributed by atoms with Gasteiger partial charge in [0.05, 0.1) is 12.5 Å². The molecular formula is C20H32O2. The third-order valence-corrected chi connectivity index (χ3v) is 4.12. The van der Waals surface area contributed by atoms with Gasteiger partial charge in [-0.1, -0.05) is 88.6 Å². The largest absolute Gasteiger partial charge is 0.466 e. The molecule has 0 spiro atoms. The number of esters is 1. The normalized spacial score (nSPS) is 12.1. The maximum Gasteiger partial charge on any atom is 0.313 e. The van der Waals surface area contributed by atoms with Crippen LogP contribution in [0.5, 0.6) is 0 Å². The van der Waals surface area contributed by atoms with Gasteiger partial charge in [0.2, 0.25) is 0 Å². The molecule has 124 valence electrons. The van der Waals surface area contributed by atoms with E-state index in [-0.39, 0.29) is 11.9 Å². The van der Waals surface area contributed by atoms with Gasteiger partial charge in [-0.3, -0.25) is 4.79 Å². The number of hydrogen-bond acceptors (Lipinski definition) is 2. The molecule has 0 aliphatic rings. The predicted molar refractivity (Wildman–Crippen MR) is 93.0 cm³/mol. The highest BCUT2D eigenvalue weighted by Crippen LogP contribution is 2.24. The van der Waals surface area contributed by atoms with Crippen LogP contribution in [-0.4, -0.2) is 12.6 Å². The smallest absolute Gasteiger partial charge is 0.313 e. The summed E-state index contributed by atoms with van der Waals surface area (Å²) in [5, 5.41) is 0. The van der Waals surface area contributed by atoms with Crippen molar-refractivity contribution in [3.8, 4) is 0 Å². The summed E-state index contributed by atoms with van der Waals surface area (Å²) in [7, 11) is 0. The molecule has 0 fully saturated rings. The topological polar surface area (TPSA) is 26.3 Å². The molecule has 22 heavy (non-hydrogen) atoms. The second-order valence-corrected chi connectivity index (χ2v) is 5.98. The fraction of sp³-hybridized carbons (Fsp3) is 0.650. The van der Waals surface area contributed by atoms with E-state index in [0.29, 0.717) is 6.61 Å². The summed E-state index contributed by atoms with van der Waals surface area (Å²) in [6, 6.07) is 10.0. The van der Waals surface area contributed by atoms with E-state index >= 15 is 0 Å².